The highest BCUT2D eigenvalue weighted by molar-refractivity contribution is 7.89. The van der Waals surface area contributed by atoms with Crippen molar-refractivity contribution in [3.05, 3.63) is 64.8 Å². The number of nitrogens with one attached hydrogen (secondary N) is 1. The zero-order chi connectivity index (χ0) is 19.2. The third-order valence-corrected chi connectivity index (χ3v) is 7.85. The number of benzene rings is 2. The van der Waals surface area contributed by atoms with Crippen LogP contribution in [0.15, 0.2) is 47.4 Å². The number of nitrogens with zero attached hydrogens (tertiary/aromatic N) is 1. The van der Waals surface area contributed by atoms with Gasteiger partial charge in [0.05, 0.1) is 4.90 Å². The molecule has 3 aromatic rings. The summed E-state index contributed by atoms with van der Waals surface area (Å²) in [7, 11) is -3.45. The second-order valence-electron chi connectivity index (χ2n) is 7.72. The standard InChI is InChI=1S/C22H26N2O2S/c1-15-12-16(2)22(17(3)13-15)27(25,26)24-10-8-18(9-11-24)21-14-19-6-4-5-7-20(19)23-21/h4-7,12-14,18,23H,8-11H2,1-3H3. The Morgan fingerprint density at radius 1 is 0.963 bits per heavy atom. The van der Waals surface area contributed by atoms with Crippen LogP contribution < -0.4 is 0 Å². The molecule has 0 unspecified atom stereocenters. The van der Waals surface area contributed by atoms with Gasteiger partial charge in [0.1, 0.15) is 0 Å². The van der Waals surface area contributed by atoms with Crippen LogP contribution in [0, 0.1) is 20.8 Å². The minimum absolute atomic E-state index is 0.379. The van der Waals surface area contributed by atoms with E-state index in [4.69, 9.17) is 0 Å². The lowest BCUT2D eigenvalue weighted by atomic mass is 9.95. The molecule has 1 fully saturated rings. The van der Waals surface area contributed by atoms with E-state index in [0.717, 1.165) is 35.0 Å². The molecule has 2 heterocycles. The van der Waals surface area contributed by atoms with Crippen LogP contribution in [-0.4, -0.2) is 30.8 Å². The molecule has 1 saturated heterocycles. The minimum atomic E-state index is -3.45. The highest BCUT2D eigenvalue weighted by atomic mass is 32.2. The number of hydrogen-bond acceptors (Lipinski definition) is 2. The zero-order valence-corrected chi connectivity index (χ0v) is 16.9. The quantitative estimate of drug-likeness (QED) is 0.716. The normalized spacial score (nSPS) is 16.9. The topological polar surface area (TPSA) is 53.2 Å². The van der Waals surface area contributed by atoms with Crippen LogP contribution in [0.2, 0.25) is 0 Å². The van der Waals surface area contributed by atoms with Gasteiger partial charge in [-0.15, -0.1) is 0 Å². The van der Waals surface area contributed by atoms with Gasteiger partial charge in [0.15, 0.2) is 0 Å². The fraction of sp³-hybridized carbons (Fsp3) is 0.364. The van der Waals surface area contributed by atoms with Gasteiger partial charge in [-0.25, -0.2) is 8.42 Å². The SMILES string of the molecule is Cc1cc(C)c(S(=O)(=O)N2CCC(c3cc4ccccc4[nH]3)CC2)c(C)c1. The predicted octanol–water partition coefficient (Wildman–Crippen LogP) is 4.66. The van der Waals surface area contributed by atoms with E-state index < -0.39 is 10.0 Å². The van der Waals surface area contributed by atoms with Gasteiger partial charge < -0.3 is 4.98 Å². The van der Waals surface area contributed by atoms with Crippen molar-refractivity contribution in [2.75, 3.05) is 13.1 Å². The van der Waals surface area contributed by atoms with Crippen LogP contribution in [0.3, 0.4) is 0 Å². The number of sulfonamides is 1. The number of piperidine rings is 1. The molecule has 0 radical (unpaired) electrons. The van der Waals surface area contributed by atoms with Gasteiger partial charge in [0.25, 0.3) is 0 Å². The summed E-state index contributed by atoms with van der Waals surface area (Å²) in [5.74, 6) is 0.379. The predicted molar refractivity (Wildman–Crippen MR) is 110 cm³/mol. The molecule has 1 aliphatic heterocycles. The van der Waals surface area contributed by atoms with Crippen molar-refractivity contribution < 1.29 is 8.42 Å². The Balaban J connectivity index is 1.55. The van der Waals surface area contributed by atoms with E-state index in [0.29, 0.717) is 23.9 Å². The molecule has 0 spiro atoms. The van der Waals surface area contributed by atoms with Crippen LogP contribution in [0.25, 0.3) is 10.9 Å². The summed E-state index contributed by atoms with van der Waals surface area (Å²) >= 11 is 0. The number of aromatic nitrogens is 1. The summed E-state index contributed by atoms with van der Waals surface area (Å²) < 4.78 is 28.1. The number of hydrogen-bond donors (Lipinski definition) is 1. The molecule has 2 aromatic carbocycles. The lowest BCUT2D eigenvalue weighted by Gasteiger charge is -2.31. The van der Waals surface area contributed by atoms with Gasteiger partial charge in [-0.3, -0.25) is 0 Å². The Morgan fingerprint density at radius 2 is 1.59 bits per heavy atom. The number of fused-ring (bicyclic) bond motifs is 1. The highest BCUT2D eigenvalue weighted by Gasteiger charge is 2.32. The molecular weight excluding hydrogens is 356 g/mol. The Labute approximate surface area is 161 Å². The maximum absolute atomic E-state index is 13.2. The Kier molecular flexibility index (Phi) is 4.60. The van der Waals surface area contributed by atoms with Gasteiger partial charge >= 0.3 is 0 Å². The van der Waals surface area contributed by atoms with Crippen LogP contribution in [0.1, 0.15) is 41.1 Å². The lowest BCUT2D eigenvalue weighted by molar-refractivity contribution is 0.317. The van der Waals surface area contributed by atoms with Crippen molar-refractivity contribution in [3.8, 4) is 0 Å². The van der Waals surface area contributed by atoms with Gasteiger partial charge in [0, 0.05) is 30.2 Å². The molecule has 4 rings (SSSR count). The number of aryl methyl sites for hydroxylation is 3. The smallest absolute Gasteiger partial charge is 0.243 e. The van der Waals surface area contributed by atoms with Crippen LogP contribution in [-0.2, 0) is 10.0 Å². The third-order valence-electron chi connectivity index (χ3n) is 5.65. The number of H-pyrrole nitrogens is 1. The first-order chi connectivity index (χ1) is 12.9. The first-order valence-corrected chi connectivity index (χ1v) is 11.0. The van der Waals surface area contributed by atoms with E-state index in [1.807, 2.05) is 45.0 Å². The number of para-hydroxylation sites is 1. The van der Waals surface area contributed by atoms with Crippen LogP contribution in [0.5, 0.6) is 0 Å². The van der Waals surface area contributed by atoms with Crippen LogP contribution in [0.4, 0.5) is 0 Å². The van der Waals surface area contributed by atoms with Gasteiger partial charge in [-0.2, -0.15) is 4.31 Å². The van der Waals surface area contributed by atoms with Crippen molar-refractivity contribution in [1.82, 2.24) is 9.29 Å². The Hall–Kier alpha value is -2.11. The second kappa shape index (κ2) is 6.80. The molecule has 27 heavy (non-hydrogen) atoms. The summed E-state index contributed by atoms with van der Waals surface area (Å²) in [5, 5.41) is 1.22. The second-order valence-corrected chi connectivity index (χ2v) is 9.59. The largest absolute Gasteiger partial charge is 0.358 e. The molecule has 142 valence electrons. The average Bonchev–Trinajstić information content (AvgIpc) is 3.05. The molecule has 0 saturated carbocycles. The van der Waals surface area contributed by atoms with E-state index in [9.17, 15) is 8.42 Å². The minimum Gasteiger partial charge on any atom is -0.358 e. The molecule has 1 aromatic heterocycles. The summed E-state index contributed by atoms with van der Waals surface area (Å²) in [5.41, 5.74) is 5.14. The van der Waals surface area contributed by atoms with E-state index in [1.165, 1.54) is 11.1 Å². The molecule has 0 bridgehead atoms. The number of rotatable bonds is 3. The van der Waals surface area contributed by atoms with Crippen molar-refractivity contribution >= 4 is 20.9 Å². The van der Waals surface area contributed by atoms with Gasteiger partial charge in [-0.05, 0) is 62.3 Å². The van der Waals surface area contributed by atoms with E-state index in [-0.39, 0.29) is 0 Å². The highest BCUT2D eigenvalue weighted by Crippen LogP contribution is 2.33. The monoisotopic (exact) mass is 382 g/mol. The zero-order valence-electron chi connectivity index (χ0n) is 16.1. The molecule has 0 atom stereocenters. The van der Waals surface area contributed by atoms with Gasteiger partial charge in [-0.1, -0.05) is 35.9 Å². The first-order valence-electron chi connectivity index (χ1n) is 9.52. The molecular formula is C22H26N2O2S. The molecule has 5 heteroatoms. The molecule has 1 aliphatic rings. The fourth-order valence-corrected chi connectivity index (χ4v) is 6.31. The summed E-state index contributed by atoms with van der Waals surface area (Å²) in [4.78, 5) is 3.99. The van der Waals surface area contributed by atoms with Crippen molar-refractivity contribution in [1.29, 1.82) is 0 Å². The Morgan fingerprint density at radius 3 is 2.22 bits per heavy atom. The molecule has 0 amide bonds. The molecule has 4 nitrogen and oxygen atoms in total. The average molecular weight is 383 g/mol. The lowest BCUT2D eigenvalue weighted by Crippen LogP contribution is -2.38. The van der Waals surface area contributed by atoms with E-state index in [2.05, 4.69) is 23.2 Å². The molecule has 1 N–H and O–H groups in total. The van der Waals surface area contributed by atoms with Crippen molar-refractivity contribution in [3.63, 3.8) is 0 Å². The van der Waals surface area contributed by atoms with Gasteiger partial charge in [0.2, 0.25) is 10.0 Å². The summed E-state index contributed by atoms with van der Waals surface area (Å²) in [6.45, 7) is 6.92. The molecule has 0 aliphatic carbocycles. The fourth-order valence-electron chi connectivity index (χ4n) is 4.43. The first kappa shape index (κ1) is 18.3. The maximum Gasteiger partial charge on any atom is 0.243 e. The van der Waals surface area contributed by atoms with E-state index in [1.54, 1.807) is 4.31 Å². The third kappa shape index (κ3) is 3.30. The van der Waals surface area contributed by atoms with E-state index >= 15 is 0 Å². The Bertz CT molecular complexity index is 1030. The van der Waals surface area contributed by atoms with Crippen LogP contribution >= 0.6 is 0 Å². The summed E-state index contributed by atoms with van der Waals surface area (Å²) in [6, 6.07) is 14.4. The maximum atomic E-state index is 13.2. The summed E-state index contributed by atoms with van der Waals surface area (Å²) in [6.07, 6.45) is 1.69. The van der Waals surface area contributed by atoms with Crippen molar-refractivity contribution in [2.24, 2.45) is 0 Å². The van der Waals surface area contributed by atoms with Crippen molar-refractivity contribution in [2.45, 2.75) is 44.4 Å². The number of aromatic amines is 1.